The standard InChI is InChI=1S/C17H18N2O5/c1-22-14-9-5-6-10-15(14)23-12-16(20)18-19-17(21)24-11-13-7-3-2-4-8-13/h2-10H,11-12H2,1H3,(H,18,20)(H,19,21). The van der Waals surface area contributed by atoms with E-state index in [1.807, 2.05) is 30.3 Å². The monoisotopic (exact) mass is 330 g/mol. The summed E-state index contributed by atoms with van der Waals surface area (Å²) in [4.78, 5) is 23.1. The van der Waals surface area contributed by atoms with Crippen molar-refractivity contribution in [2.45, 2.75) is 6.61 Å². The van der Waals surface area contributed by atoms with E-state index in [4.69, 9.17) is 14.2 Å². The van der Waals surface area contributed by atoms with E-state index >= 15 is 0 Å². The average Bonchev–Trinajstić information content (AvgIpc) is 2.64. The summed E-state index contributed by atoms with van der Waals surface area (Å²) in [5.74, 6) is 0.417. The molecule has 7 nitrogen and oxygen atoms in total. The summed E-state index contributed by atoms with van der Waals surface area (Å²) >= 11 is 0. The van der Waals surface area contributed by atoms with Crippen LogP contribution in [0.15, 0.2) is 54.6 Å². The molecule has 0 aliphatic rings. The summed E-state index contributed by atoms with van der Waals surface area (Å²) < 4.78 is 15.4. The lowest BCUT2D eigenvalue weighted by molar-refractivity contribution is -0.124. The first-order chi connectivity index (χ1) is 11.7. The number of carbonyl (C=O) groups excluding carboxylic acids is 2. The van der Waals surface area contributed by atoms with Gasteiger partial charge in [-0.3, -0.25) is 10.2 Å². The molecule has 0 aromatic heterocycles. The quantitative estimate of drug-likeness (QED) is 0.792. The Hall–Kier alpha value is -3.22. The predicted octanol–water partition coefficient (Wildman–Crippen LogP) is 2.03. The Labute approximate surface area is 139 Å². The molecule has 0 radical (unpaired) electrons. The van der Waals surface area contributed by atoms with Crippen LogP contribution in [0.4, 0.5) is 4.79 Å². The fourth-order valence-electron chi connectivity index (χ4n) is 1.80. The van der Waals surface area contributed by atoms with Crippen LogP contribution in [0, 0.1) is 0 Å². The normalized spacial score (nSPS) is 9.71. The van der Waals surface area contributed by atoms with Gasteiger partial charge in [0.2, 0.25) is 0 Å². The van der Waals surface area contributed by atoms with Crippen LogP contribution in [0.2, 0.25) is 0 Å². The molecule has 2 N–H and O–H groups in total. The Morgan fingerprint density at radius 2 is 1.58 bits per heavy atom. The molecule has 0 aliphatic carbocycles. The van der Waals surface area contributed by atoms with Gasteiger partial charge in [0.25, 0.3) is 5.91 Å². The van der Waals surface area contributed by atoms with Crippen molar-refractivity contribution in [1.29, 1.82) is 0 Å². The number of hydrogen-bond acceptors (Lipinski definition) is 5. The lowest BCUT2D eigenvalue weighted by atomic mass is 10.2. The Kier molecular flexibility index (Phi) is 6.46. The Bertz CT molecular complexity index is 676. The Balaban J connectivity index is 1.68. The van der Waals surface area contributed by atoms with Crippen molar-refractivity contribution in [3.63, 3.8) is 0 Å². The third-order valence-electron chi connectivity index (χ3n) is 2.94. The minimum absolute atomic E-state index is 0.111. The predicted molar refractivity (Wildman–Crippen MR) is 86.4 cm³/mol. The number of benzene rings is 2. The smallest absolute Gasteiger partial charge is 0.426 e. The van der Waals surface area contributed by atoms with Gasteiger partial charge in [-0.1, -0.05) is 42.5 Å². The summed E-state index contributed by atoms with van der Waals surface area (Å²) in [6.07, 6.45) is -0.760. The van der Waals surface area contributed by atoms with Crippen LogP contribution >= 0.6 is 0 Å². The molecule has 0 fully saturated rings. The largest absolute Gasteiger partial charge is 0.493 e. The summed E-state index contributed by atoms with van der Waals surface area (Å²) in [6, 6.07) is 16.1. The van der Waals surface area contributed by atoms with Gasteiger partial charge in [-0.25, -0.2) is 10.2 Å². The molecule has 0 aliphatic heterocycles. The highest BCUT2D eigenvalue weighted by atomic mass is 16.6. The zero-order chi connectivity index (χ0) is 17.2. The summed E-state index contributed by atoms with van der Waals surface area (Å²) in [5.41, 5.74) is 5.19. The molecule has 7 heteroatoms. The topological polar surface area (TPSA) is 85.9 Å². The zero-order valence-corrected chi connectivity index (χ0v) is 13.2. The van der Waals surface area contributed by atoms with Crippen molar-refractivity contribution in [3.05, 3.63) is 60.2 Å². The second-order valence-electron chi connectivity index (χ2n) is 4.67. The number of hydrogen-bond donors (Lipinski definition) is 2. The molecule has 2 aromatic rings. The summed E-state index contributed by atoms with van der Waals surface area (Å²) in [7, 11) is 1.51. The van der Waals surface area contributed by atoms with Gasteiger partial charge in [0, 0.05) is 0 Å². The maximum absolute atomic E-state index is 11.6. The lowest BCUT2D eigenvalue weighted by Crippen LogP contribution is -2.44. The highest BCUT2D eigenvalue weighted by molar-refractivity contribution is 5.80. The number of rotatable bonds is 6. The van der Waals surface area contributed by atoms with Crippen LogP contribution in [0.5, 0.6) is 11.5 Å². The van der Waals surface area contributed by atoms with E-state index in [0.29, 0.717) is 11.5 Å². The fraction of sp³-hybridized carbons (Fsp3) is 0.176. The van der Waals surface area contributed by atoms with Crippen LogP contribution in [0.3, 0.4) is 0 Å². The van der Waals surface area contributed by atoms with Gasteiger partial charge in [0.15, 0.2) is 18.1 Å². The van der Waals surface area contributed by atoms with E-state index in [-0.39, 0.29) is 13.2 Å². The molecule has 2 amide bonds. The maximum Gasteiger partial charge on any atom is 0.426 e. The Morgan fingerprint density at radius 1 is 0.917 bits per heavy atom. The van der Waals surface area contributed by atoms with Gasteiger partial charge in [-0.05, 0) is 17.7 Å². The van der Waals surface area contributed by atoms with Crippen LogP contribution in [-0.2, 0) is 16.1 Å². The van der Waals surface area contributed by atoms with E-state index in [1.165, 1.54) is 7.11 Å². The third-order valence-corrected chi connectivity index (χ3v) is 2.94. The maximum atomic E-state index is 11.6. The second-order valence-corrected chi connectivity index (χ2v) is 4.67. The fourth-order valence-corrected chi connectivity index (χ4v) is 1.80. The molecule has 2 aromatic carbocycles. The molecule has 0 unspecified atom stereocenters. The molecular formula is C17H18N2O5. The molecule has 0 heterocycles. The average molecular weight is 330 g/mol. The number of ether oxygens (including phenoxy) is 3. The van der Waals surface area contributed by atoms with Gasteiger partial charge in [0.1, 0.15) is 6.61 Å². The first-order valence-electron chi connectivity index (χ1n) is 7.20. The number of nitrogens with one attached hydrogen (secondary N) is 2. The van der Waals surface area contributed by atoms with Crippen LogP contribution in [-0.4, -0.2) is 25.7 Å². The SMILES string of the molecule is COc1ccccc1OCC(=O)NNC(=O)OCc1ccccc1. The molecule has 0 saturated carbocycles. The van der Waals surface area contributed by atoms with Crippen molar-refractivity contribution in [1.82, 2.24) is 10.9 Å². The lowest BCUT2D eigenvalue weighted by Gasteiger charge is -2.11. The molecule has 0 atom stereocenters. The summed E-state index contributed by atoms with van der Waals surface area (Å²) in [5, 5.41) is 0. The van der Waals surface area contributed by atoms with Crippen LogP contribution in [0.25, 0.3) is 0 Å². The number of carbonyl (C=O) groups is 2. The van der Waals surface area contributed by atoms with Crippen LogP contribution < -0.4 is 20.3 Å². The number of amides is 2. The van der Waals surface area contributed by atoms with Crippen molar-refractivity contribution < 1.29 is 23.8 Å². The minimum atomic E-state index is -0.760. The number of para-hydroxylation sites is 2. The number of hydrazine groups is 1. The molecule has 0 saturated heterocycles. The van der Waals surface area contributed by atoms with Gasteiger partial charge in [-0.2, -0.15) is 0 Å². The first-order valence-corrected chi connectivity index (χ1v) is 7.20. The van der Waals surface area contributed by atoms with Gasteiger partial charge >= 0.3 is 6.09 Å². The van der Waals surface area contributed by atoms with Gasteiger partial charge < -0.3 is 14.2 Å². The molecule has 0 bridgehead atoms. The zero-order valence-electron chi connectivity index (χ0n) is 13.2. The molecule has 126 valence electrons. The highest BCUT2D eigenvalue weighted by Crippen LogP contribution is 2.25. The van der Waals surface area contributed by atoms with E-state index < -0.39 is 12.0 Å². The Morgan fingerprint density at radius 3 is 2.29 bits per heavy atom. The van der Waals surface area contributed by atoms with E-state index in [1.54, 1.807) is 24.3 Å². The number of methoxy groups -OCH3 is 1. The second kappa shape index (κ2) is 9.04. The van der Waals surface area contributed by atoms with Crippen LogP contribution in [0.1, 0.15) is 5.56 Å². The van der Waals surface area contributed by atoms with E-state index in [9.17, 15) is 9.59 Å². The molecule has 24 heavy (non-hydrogen) atoms. The summed E-state index contributed by atoms with van der Waals surface area (Å²) in [6.45, 7) is -0.167. The van der Waals surface area contributed by atoms with Crippen molar-refractivity contribution in [2.75, 3.05) is 13.7 Å². The van der Waals surface area contributed by atoms with Crippen molar-refractivity contribution >= 4 is 12.0 Å². The molecule has 0 spiro atoms. The minimum Gasteiger partial charge on any atom is -0.493 e. The van der Waals surface area contributed by atoms with Gasteiger partial charge in [-0.15, -0.1) is 0 Å². The van der Waals surface area contributed by atoms with E-state index in [0.717, 1.165) is 5.56 Å². The van der Waals surface area contributed by atoms with Crippen molar-refractivity contribution in [2.24, 2.45) is 0 Å². The van der Waals surface area contributed by atoms with E-state index in [2.05, 4.69) is 10.9 Å². The molecular weight excluding hydrogens is 312 g/mol. The van der Waals surface area contributed by atoms with Gasteiger partial charge in [0.05, 0.1) is 7.11 Å². The third kappa shape index (κ3) is 5.53. The first kappa shape index (κ1) is 17.1. The highest BCUT2D eigenvalue weighted by Gasteiger charge is 2.08. The molecule has 2 rings (SSSR count). The van der Waals surface area contributed by atoms with Crippen molar-refractivity contribution in [3.8, 4) is 11.5 Å².